The highest BCUT2D eigenvalue weighted by Gasteiger charge is 2.33. The molecular weight excluding hydrogens is 514 g/mol. The maximum Gasteiger partial charge on any atom is 0.230 e. The molecule has 3 aromatic rings. The average molecular weight is 554 g/mol. The van der Waals surface area contributed by atoms with Crippen molar-refractivity contribution in [3.8, 4) is 22.9 Å². The Kier molecular flexibility index (Phi) is 8.06. The molecule has 8 nitrogen and oxygen atoms in total. The van der Waals surface area contributed by atoms with E-state index in [-0.39, 0.29) is 17.9 Å². The van der Waals surface area contributed by atoms with E-state index >= 15 is 0 Å². The molecule has 41 heavy (non-hydrogen) atoms. The monoisotopic (exact) mass is 553 g/mol. The maximum absolute atomic E-state index is 14.0. The number of anilines is 1. The van der Waals surface area contributed by atoms with Crippen LogP contribution in [0.15, 0.2) is 48.8 Å². The Balaban J connectivity index is 1.19. The molecule has 8 heteroatoms. The van der Waals surface area contributed by atoms with E-state index in [0.29, 0.717) is 48.7 Å². The number of aromatic nitrogens is 3. The van der Waals surface area contributed by atoms with Crippen LogP contribution < -0.4 is 9.64 Å². The van der Waals surface area contributed by atoms with Crippen LogP contribution >= 0.6 is 0 Å². The number of benzene rings is 1. The average Bonchev–Trinajstić information content (AvgIpc) is 3.75. The summed E-state index contributed by atoms with van der Waals surface area (Å²) in [7, 11) is 1.56. The third kappa shape index (κ3) is 6.15. The number of nitrogens with zero attached hydrogens (tertiary/aromatic N) is 5. The third-order valence-corrected chi connectivity index (χ3v) is 9.24. The molecule has 1 amide bonds. The van der Waals surface area contributed by atoms with Crippen molar-refractivity contribution in [2.24, 2.45) is 11.8 Å². The molecular formula is C33H39N5O3. The predicted octanol–water partition coefficient (Wildman–Crippen LogP) is 6.02. The molecule has 0 atom stereocenters. The molecule has 0 spiro atoms. The molecule has 2 heterocycles. The molecule has 3 aliphatic rings. The standard InChI is InChI=1S/C33H39N5O3/c1-41-32-16-15-30(36-31(32)18-34)23-7-5-22(6-8-23)20-37(33(40)24-9-13-29(39)14-10-24)28-4-2-3-25(17-28)26-19-35-38(21-26)27-11-12-27/h2-4,15-17,19,21-24,27,29,39H,5-14,20H2,1H3/t22-,23-,24-,29-. The van der Waals surface area contributed by atoms with Crippen molar-refractivity contribution in [3.63, 3.8) is 0 Å². The molecule has 6 rings (SSSR count). The second kappa shape index (κ2) is 12.0. The Bertz CT molecular complexity index is 1410. The van der Waals surface area contributed by atoms with Gasteiger partial charge in [-0.15, -0.1) is 0 Å². The van der Waals surface area contributed by atoms with E-state index in [0.717, 1.165) is 61.0 Å². The van der Waals surface area contributed by atoms with Crippen LogP contribution in [0.25, 0.3) is 11.1 Å². The Morgan fingerprint density at radius 2 is 1.83 bits per heavy atom. The molecule has 0 bridgehead atoms. The normalized spacial score (nSPS) is 24.4. The minimum Gasteiger partial charge on any atom is -0.494 e. The number of pyridine rings is 1. The summed E-state index contributed by atoms with van der Waals surface area (Å²) in [6, 6.07) is 14.8. The third-order valence-electron chi connectivity index (χ3n) is 9.24. The minimum absolute atomic E-state index is 0.0519. The van der Waals surface area contributed by atoms with Crippen LogP contribution in [-0.2, 0) is 4.79 Å². The molecule has 0 unspecified atom stereocenters. The fourth-order valence-electron chi connectivity index (χ4n) is 6.58. The summed E-state index contributed by atoms with van der Waals surface area (Å²) in [4.78, 5) is 20.6. The first-order valence-electron chi connectivity index (χ1n) is 15.1. The lowest BCUT2D eigenvalue weighted by Crippen LogP contribution is -2.41. The first kappa shape index (κ1) is 27.5. The zero-order chi connectivity index (χ0) is 28.3. The zero-order valence-electron chi connectivity index (χ0n) is 23.8. The van der Waals surface area contributed by atoms with Crippen molar-refractivity contribution >= 4 is 11.6 Å². The van der Waals surface area contributed by atoms with Gasteiger partial charge in [0.2, 0.25) is 5.91 Å². The summed E-state index contributed by atoms with van der Waals surface area (Å²) >= 11 is 0. The number of rotatable bonds is 8. The van der Waals surface area contributed by atoms with Gasteiger partial charge in [-0.05, 0) is 100.0 Å². The second-order valence-electron chi connectivity index (χ2n) is 12.1. The molecule has 2 aromatic heterocycles. The van der Waals surface area contributed by atoms with E-state index in [4.69, 9.17) is 4.74 Å². The number of aliphatic hydroxyl groups excluding tert-OH is 1. The van der Waals surface area contributed by atoms with Crippen LogP contribution in [0.1, 0.15) is 87.6 Å². The smallest absolute Gasteiger partial charge is 0.230 e. The fraction of sp³-hybridized carbons (Fsp3) is 0.515. The Morgan fingerprint density at radius 3 is 2.54 bits per heavy atom. The lowest BCUT2D eigenvalue weighted by molar-refractivity contribution is -0.124. The number of carbonyl (C=O) groups is 1. The van der Waals surface area contributed by atoms with Gasteiger partial charge < -0.3 is 14.7 Å². The highest BCUT2D eigenvalue weighted by Crippen LogP contribution is 2.39. The lowest BCUT2D eigenvalue weighted by Gasteiger charge is -2.35. The van der Waals surface area contributed by atoms with Crippen LogP contribution in [0.4, 0.5) is 5.69 Å². The van der Waals surface area contributed by atoms with Crippen LogP contribution in [0.3, 0.4) is 0 Å². The molecule has 3 fully saturated rings. The SMILES string of the molecule is COc1ccc([C@H]2CC[C@H](CN(c3cccc(-c4cnn(C5CC5)c4)c3)C(=O)[C@H]3CC[C@H](O)CC3)CC2)nc1C#N. The number of amides is 1. The number of hydrogen-bond donors (Lipinski definition) is 1. The van der Waals surface area contributed by atoms with Gasteiger partial charge in [0, 0.05) is 41.5 Å². The molecule has 3 aliphatic carbocycles. The van der Waals surface area contributed by atoms with Crippen molar-refractivity contribution in [3.05, 3.63) is 60.2 Å². The molecule has 1 aromatic carbocycles. The van der Waals surface area contributed by atoms with Crippen molar-refractivity contribution in [1.82, 2.24) is 14.8 Å². The van der Waals surface area contributed by atoms with Gasteiger partial charge in [0.05, 0.1) is 25.5 Å². The van der Waals surface area contributed by atoms with E-state index in [1.54, 1.807) is 7.11 Å². The Labute approximate surface area is 242 Å². The highest BCUT2D eigenvalue weighted by molar-refractivity contribution is 5.95. The second-order valence-corrected chi connectivity index (χ2v) is 12.1. The van der Waals surface area contributed by atoms with E-state index in [1.807, 2.05) is 29.3 Å². The van der Waals surface area contributed by atoms with Gasteiger partial charge in [-0.25, -0.2) is 4.98 Å². The first-order chi connectivity index (χ1) is 20.0. The van der Waals surface area contributed by atoms with E-state index < -0.39 is 0 Å². The quantitative estimate of drug-likeness (QED) is 0.366. The van der Waals surface area contributed by atoms with Crippen molar-refractivity contribution < 1.29 is 14.6 Å². The zero-order valence-corrected chi connectivity index (χ0v) is 23.8. The first-order valence-corrected chi connectivity index (χ1v) is 15.1. The number of nitriles is 1. The largest absolute Gasteiger partial charge is 0.494 e. The number of aliphatic hydroxyl groups is 1. The topological polar surface area (TPSA) is 104 Å². The summed E-state index contributed by atoms with van der Waals surface area (Å²) in [6.07, 6.45) is 13.0. The number of carbonyl (C=O) groups excluding carboxylic acids is 1. The van der Waals surface area contributed by atoms with Crippen LogP contribution in [0.5, 0.6) is 5.75 Å². The molecule has 3 saturated carbocycles. The van der Waals surface area contributed by atoms with E-state index in [1.165, 1.54) is 12.8 Å². The van der Waals surface area contributed by atoms with E-state index in [9.17, 15) is 15.2 Å². The summed E-state index contributed by atoms with van der Waals surface area (Å²) in [5.41, 5.74) is 4.39. The van der Waals surface area contributed by atoms with Crippen LogP contribution in [0.2, 0.25) is 0 Å². The summed E-state index contributed by atoms with van der Waals surface area (Å²) < 4.78 is 7.33. The van der Waals surface area contributed by atoms with Crippen molar-refractivity contribution in [1.29, 1.82) is 5.26 Å². The van der Waals surface area contributed by atoms with Gasteiger partial charge in [-0.3, -0.25) is 9.48 Å². The van der Waals surface area contributed by atoms with Gasteiger partial charge in [0.1, 0.15) is 6.07 Å². The molecule has 0 aliphatic heterocycles. The van der Waals surface area contributed by atoms with Gasteiger partial charge in [0.25, 0.3) is 0 Å². The number of ether oxygens (including phenoxy) is 1. The Hall–Kier alpha value is -3.70. The summed E-state index contributed by atoms with van der Waals surface area (Å²) in [5, 5.41) is 24.1. The van der Waals surface area contributed by atoms with Gasteiger partial charge in [-0.2, -0.15) is 10.4 Å². The van der Waals surface area contributed by atoms with Crippen molar-refractivity contribution in [2.45, 2.75) is 82.3 Å². The lowest BCUT2D eigenvalue weighted by atomic mass is 9.79. The molecule has 1 N–H and O–H groups in total. The summed E-state index contributed by atoms with van der Waals surface area (Å²) in [6.45, 7) is 0.689. The van der Waals surface area contributed by atoms with Crippen LogP contribution in [0, 0.1) is 23.2 Å². The van der Waals surface area contributed by atoms with Gasteiger partial charge >= 0.3 is 0 Å². The Morgan fingerprint density at radius 1 is 1.05 bits per heavy atom. The highest BCUT2D eigenvalue weighted by atomic mass is 16.5. The minimum atomic E-state index is -0.290. The molecule has 0 radical (unpaired) electrons. The van der Waals surface area contributed by atoms with E-state index in [2.05, 4.69) is 45.2 Å². The summed E-state index contributed by atoms with van der Waals surface area (Å²) in [5.74, 6) is 1.33. The van der Waals surface area contributed by atoms with Gasteiger partial charge in [0.15, 0.2) is 11.4 Å². The number of methoxy groups -OCH3 is 1. The fourth-order valence-corrected chi connectivity index (χ4v) is 6.58. The molecule has 214 valence electrons. The predicted molar refractivity (Wildman–Crippen MR) is 156 cm³/mol. The number of hydrogen-bond acceptors (Lipinski definition) is 6. The van der Waals surface area contributed by atoms with Crippen LogP contribution in [-0.4, -0.2) is 45.5 Å². The van der Waals surface area contributed by atoms with Crippen molar-refractivity contribution in [2.75, 3.05) is 18.6 Å². The van der Waals surface area contributed by atoms with Gasteiger partial charge in [-0.1, -0.05) is 12.1 Å². The molecule has 0 saturated heterocycles. The maximum atomic E-state index is 14.0.